The lowest BCUT2D eigenvalue weighted by Gasteiger charge is -2.28. The van der Waals surface area contributed by atoms with Crippen molar-refractivity contribution >= 4 is 42.0 Å². The largest absolute Gasteiger partial charge is 0.796 e. The molecule has 254 valence electrons. The van der Waals surface area contributed by atoms with E-state index in [2.05, 4.69) is 112 Å². The molecule has 5 aromatic carbocycles. The molecule has 0 aliphatic rings. The number of hydrogen-bond acceptors (Lipinski definition) is 4. The van der Waals surface area contributed by atoms with E-state index in [4.69, 9.17) is 5.11 Å². The van der Waals surface area contributed by atoms with Gasteiger partial charge >= 0.3 is 13.4 Å². The van der Waals surface area contributed by atoms with E-state index in [0.29, 0.717) is 0 Å². The van der Waals surface area contributed by atoms with Crippen LogP contribution in [0.4, 0.5) is 25.7 Å². The van der Waals surface area contributed by atoms with E-state index in [0.717, 1.165) is 34.3 Å². The van der Waals surface area contributed by atoms with Crippen molar-refractivity contribution in [1.29, 1.82) is 0 Å². The molecule has 0 amide bonds. The van der Waals surface area contributed by atoms with Crippen molar-refractivity contribution in [3.63, 3.8) is 0 Å². The number of allylic oxidation sites excluding steroid dienone is 1. The van der Waals surface area contributed by atoms with Crippen molar-refractivity contribution in [1.82, 2.24) is 0 Å². The second-order valence-corrected chi connectivity index (χ2v) is 14.2. The van der Waals surface area contributed by atoms with Gasteiger partial charge in [0.1, 0.15) is 5.76 Å². The van der Waals surface area contributed by atoms with E-state index in [1.165, 1.54) is 35.4 Å². The Morgan fingerprint density at radius 2 is 0.940 bits per heavy atom. The molecule has 50 heavy (non-hydrogen) atoms. The number of carboxylic acids is 1. The molecule has 0 saturated carbocycles. The van der Waals surface area contributed by atoms with Gasteiger partial charge in [-0.05, 0) is 81.6 Å². The summed E-state index contributed by atoms with van der Waals surface area (Å²) >= 11 is 0. The van der Waals surface area contributed by atoms with Crippen LogP contribution in [0.25, 0.3) is 16.9 Å². The van der Waals surface area contributed by atoms with Crippen LogP contribution in [0.5, 0.6) is 0 Å². The molecular formula is C42H40BF2NO4. The van der Waals surface area contributed by atoms with Gasteiger partial charge in [0.05, 0.1) is 5.56 Å². The van der Waals surface area contributed by atoms with Crippen molar-refractivity contribution in [2.45, 2.75) is 52.4 Å². The summed E-state index contributed by atoms with van der Waals surface area (Å²) in [5.41, 5.74) is 7.88. The Labute approximate surface area is 293 Å². The zero-order valence-corrected chi connectivity index (χ0v) is 29.1. The fourth-order valence-electron chi connectivity index (χ4n) is 5.56. The Morgan fingerprint density at radius 3 is 1.32 bits per heavy atom. The Kier molecular flexibility index (Phi) is 10.4. The molecule has 0 unspecified atom stereocenters. The van der Waals surface area contributed by atoms with Gasteiger partial charge < -0.3 is 14.7 Å². The monoisotopic (exact) mass is 671 g/mol. The predicted octanol–water partition coefficient (Wildman–Crippen LogP) is 11.3. The summed E-state index contributed by atoms with van der Waals surface area (Å²) in [6.45, 7) is 13.2. The highest BCUT2D eigenvalue weighted by atomic mass is 19.2. The van der Waals surface area contributed by atoms with E-state index in [-0.39, 0.29) is 33.3 Å². The lowest BCUT2D eigenvalue weighted by molar-refractivity contribution is 0.0696. The molecule has 0 spiro atoms. The van der Waals surface area contributed by atoms with Gasteiger partial charge in [0.25, 0.3) is 0 Å². The van der Waals surface area contributed by atoms with Crippen molar-refractivity contribution < 1.29 is 28.0 Å². The number of hydrogen-bond donors (Lipinski definition) is 1. The van der Waals surface area contributed by atoms with Gasteiger partial charge in [-0.2, -0.15) is 0 Å². The number of benzene rings is 5. The first-order valence-electron chi connectivity index (χ1n) is 16.4. The number of rotatable bonds is 10. The summed E-state index contributed by atoms with van der Waals surface area (Å²) < 4.78 is 31.0. The lowest BCUT2D eigenvalue weighted by Crippen LogP contribution is -2.14. The topological polar surface area (TPSA) is 66.8 Å². The molecule has 0 aliphatic carbocycles. The zero-order chi connectivity index (χ0) is 36.2. The fourth-order valence-corrected chi connectivity index (χ4v) is 5.56. The minimum absolute atomic E-state index is 0.0164. The molecular weight excluding hydrogens is 631 g/mol. The number of aromatic carboxylic acids is 1. The molecule has 0 radical (unpaired) electrons. The molecule has 5 aromatic rings. The molecule has 0 fully saturated rings. The van der Waals surface area contributed by atoms with Gasteiger partial charge in [-0.1, -0.05) is 114 Å². The number of carboxylic acid groups (broad SMARTS) is 1. The first kappa shape index (κ1) is 35.8. The minimum Gasteiger partial charge on any atom is -0.505 e. The lowest BCUT2D eigenvalue weighted by atomic mass is 9.86. The first-order chi connectivity index (χ1) is 23.6. The van der Waals surface area contributed by atoms with Crippen molar-refractivity contribution in [2.75, 3.05) is 4.90 Å². The van der Waals surface area contributed by atoms with Gasteiger partial charge in [0.15, 0.2) is 5.78 Å². The number of ketones is 1. The Hall–Kier alpha value is -5.50. The molecule has 0 bridgehead atoms. The maximum Gasteiger partial charge on any atom is 0.796 e. The Balaban J connectivity index is 1.41. The molecule has 0 aliphatic heterocycles. The summed E-state index contributed by atoms with van der Waals surface area (Å²) in [6, 6.07) is 37.5. The van der Waals surface area contributed by atoms with Gasteiger partial charge in [-0.25, -0.2) is 13.4 Å². The number of anilines is 3. The minimum atomic E-state index is -3.17. The summed E-state index contributed by atoms with van der Waals surface area (Å²) in [6.07, 6.45) is 0.988. The van der Waals surface area contributed by atoms with Gasteiger partial charge in [-0.3, -0.25) is 4.79 Å². The van der Waals surface area contributed by atoms with Crippen LogP contribution in [-0.2, 0) is 15.5 Å². The van der Waals surface area contributed by atoms with Crippen LogP contribution >= 0.6 is 0 Å². The van der Waals surface area contributed by atoms with Crippen LogP contribution in [0.15, 0.2) is 127 Å². The third-order valence-corrected chi connectivity index (χ3v) is 8.51. The van der Waals surface area contributed by atoms with E-state index in [9.17, 15) is 18.2 Å². The van der Waals surface area contributed by atoms with Crippen molar-refractivity contribution in [3.8, 4) is 11.1 Å². The van der Waals surface area contributed by atoms with Crippen LogP contribution in [-0.4, -0.2) is 24.3 Å². The molecule has 0 atom stereocenters. The molecule has 5 nitrogen and oxygen atoms in total. The zero-order valence-electron chi connectivity index (χ0n) is 29.1. The molecule has 0 aromatic heterocycles. The predicted molar refractivity (Wildman–Crippen MR) is 199 cm³/mol. The van der Waals surface area contributed by atoms with Crippen LogP contribution in [0.1, 0.15) is 78.9 Å². The van der Waals surface area contributed by atoms with Crippen LogP contribution in [0, 0.1) is 0 Å². The Bertz CT molecular complexity index is 1920. The number of carbonyl (C=O) groups excluding carboxylic acids is 1. The number of halogens is 2. The van der Waals surface area contributed by atoms with Gasteiger partial charge in [0, 0.05) is 34.3 Å². The van der Waals surface area contributed by atoms with Crippen LogP contribution in [0.3, 0.4) is 0 Å². The number of carbonyl (C=O) groups is 2. The van der Waals surface area contributed by atoms with Crippen LogP contribution in [0.2, 0.25) is 0 Å². The van der Waals surface area contributed by atoms with E-state index in [1.54, 1.807) is 24.3 Å². The summed E-state index contributed by atoms with van der Waals surface area (Å²) in [7, 11) is -3.17. The molecule has 0 heterocycles. The smallest absolute Gasteiger partial charge is 0.505 e. The Morgan fingerprint density at radius 1 is 0.580 bits per heavy atom. The maximum atomic E-state index is 13.2. The maximum absolute atomic E-state index is 13.2. The number of nitrogens with zero attached hydrogens (tertiary/aromatic N) is 1. The SMILES string of the molecule is CC(C)(C)c1ccc(N(c2ccc(-c3ccc(C(=O)/C=C(\OB(F)F)c4ccc(C(=O)O)cc4)cc3)cc2)c2ccc(C(C)(C)C)cc2)cc1. The van der Waals surface area contributed by atoms with E-state index < -0.39 is 19.2 Å². The van der Waals surface area contributed by atoms with Gasteiger partial charge in [-0.15, -0.1) is 0 Å². The molecule has 0 saturated heterocycles. The summed E-state index contributed by atoms with van der Waals surface area (Å²) in [5.74, 6) is -2.04. The van der Waals surface area contributed by atoms with E-state index in [1.807, 2.05) is 12.1 Å². The average Bonchev–Trinajstić information content (AvgIpc) is 3.08. The molecule has 1 N–H and O–H groups in total. The van der Waals surface area contributed by atoms with Crippen molar-refractivity contribution in [2.24, 2.45) is 0 Å². The third-order valence-electron chi connectivity index (χ3n) is 8.51. The second kappa shape index (κ2) is 14.5. The highest BCUT2D eigenvalue weighted by Gasteiger charge is 2.22. The van der Waals surface area contributed by atoms with Gasteiger partial charge in [0.2, 0.25) is 0 Å². The first-order valence-corrected chi connectivity index (χ1v) is 16.4. The molecule has 8 heteroatoms. The van der Waals surface area contributed by atoms with E-state index >= 15 is 0 Å². The van der Waals surface area contributed by atoms with Crippen LogP contribution < -0.4 is 4.90 Å². The standard InChI is InChI=1S/C42H40BF2NO4/c1-41(2,3)33-17-23-36(24-18-33)46(37-25-19-34(20-26-37)42(4,5)6)35-21-15-29(16-22-35)28-7-9-30(10-8-28)38(47)27-39(50-43(44)45)31-11-13-32(14-12-31)40(48)49/h7-27H,1-6H3,(H,48,49)/b39-27-. The normalized spacial score (nSPS) is 12.0. The highest BCUT2D eigenvalue weighted by Crippen LogP contribution is 2.38. The summed E-state index contributed by atoms with van der Waals surface area (Å²) in [5, 5.41) is 9.13. The average molecular weight is 672 g/mol. The van der Waals surface area contributed by atoms with Crippen molar-refractivity contribution in [3.05, 3.63) is 155 Å². The summed E-state index contributed by atoms with van der Waals surface area (Å²) in [4.78, 5) is 26.5. The quantitative estimate of drug-likeness (QED) is 0.0693. The highest BCUT2D eigenvalue weighted by molar-refractivity contribution is 6.36. The fraction of sp³-hybridized carbons (Fsp3) is 0.190. The second-order valence-electron chi connectivity index (χ2n) is 14.2. The third kappa shape index (κ3) is 8.56. The molecule has 5 rings (SSSR count).